The first-order chi connectivity index (χ1) is 53.5. The summed E-state index contributed by atoms with van der Waals surface area (Å²) in [6, 6.07) is 73.8. The van der Waals surface area contributed by atoms with Gasteiger partial charge in [0.1, 0.15) is 17.2 Å². The summed E-state index contributed by atoms with van der Waals surface area (Å²) in [7, 11) is 0. The minimum Gasteiger partial charge on any atom is -0.512 e. The zero-order chi connectivity index (χ0) is 81.5. The number of alkyl halides is 9. The quantitative estimate of drug-likeness (QED) is 0.0525. The summed E-state index contributed by atoms with van der Waals surface area (Å²) in [5.74, 6) is -5.98. The molecule has 0 amide bonds. The molecule has 0 saturated heterocycles. The summed E-state index contributed by atoms with van der Waals surface area (Å²) in [6.07, 6.45) is -0.906. The van der Waals surface area contributed by atoms with Crippen molar-refractivity contribution in [1.29, 1.82) is 0 Å². The molecule has 9 aromatic heterocycles. The maximum Gasteiger partial charge on any atom is 0.429 e. The third-order valence-electron chi connectivity index (χ3n) is 13.1. The molecule has 0 aliphatic heterocycles. The van der Waals surface area contributed by atoms with Crippen molar-refractivity contribution < 1.29 is 187 Å². The predicted octanol–water partition coefficient (Wildman–Crippen LogP) is 19.4. The number of benzene rings is 5. The van der Waals surface area contributed by atoms with E-state index in [9.17, 15) is 71.5 Å². The Balaban J connectivity index is 0.000000663. The van der Waals surface area contributed by atoms with E-state index in [2.05, 4.69) is 79.3 Å². The Morgan fingerprint density at radius 1 is 0.385 bits per heavy atom. The van der Waals surface area contributed by atoms with Crippen LogP contribution in [-0.4, -0.2) is 83.0 Å². The first-order valence-electron chi connectivity index (χ1n) is 31.9. The number of pyridine rings is 8. The van der Waals surface area contributed by atoms with E-state index < -0.39 is 70.7 Å². The molecule has 0 fully saturated rings. The van der Waals surface area contributed by atoms with Crippen LogP contribution in [0.25, 0.3) is 67.8 Å². The van der Waals surface area contributed by atoms with E-state index in [-0.39, 0.29) is 163 Å². The number of carboxylic acids is 2. The fraction of sp³-hybridized carbons (Fsp3) is 0.0610. The summed E-state index contributed by atoms with van der Waals surface area (Å²) >= 11 is 0. The smallest absolute Gasteiger partial charge is 0.429 e. The van der Waals surface area contributed by atoms with Gasteiger partial charge >= 0.3 is 30.5 Å². The number of rotatable bonds is 9. The Hall–Kier alpha value is -11.1. The van der Waals surface area contributed by atoms with Gasteiger partial charge < -0.3 is 50.3 Å². The third kappa shape index (κ3) is 38.5. The number of ketones is 1. The van der Waals surface area contributed by atoms with Gasteiger partial charge in [-0.1, -0.05) is 102 Å². The van der Waals surface area contributed by atoms with Crippen LogP contribution in [0.15, 0.2) is 292 Å². The second-order valence-corrected chi connectivity index (χ2v) is 21.5. The molecule has 3 N–H and O–H groups in total. The number of hydrogen-bond acceptors (Lipinski definition) is 14. The van der Waals surface area contributed by atoms with E-state index in [0.717, 1.165) is 46.8 Å². The van der Waals surface area contributed by atoms with Gasteiger partial charge in [-0.15, -0.1) is 120 Å². The summed E-state index contributed by atoms with van der Waals surface area (Å²) in [5, 5.41) is 31.3. The first-order valence-corrected chi connectivity index (χ1v) is 31.9. The number of aromatic nitrogens is 11. The molecule has 0 spiro atoms. The largest absolute Gasteiger partial charge is 0.512 e. The van der Waals surface area contributed by atoms with Gasteiger partial charge in [0, 0.05) is 179 Å². The minimum atomic E-state index is -4.91. The van der Waals surface area contributed by atoms with Gasteiger partial charge in [-0.05, 0) is 126 Å². The van der Waals surface area contributed by atoms with Crippen LogP contribution in [0.1, 0.15) is 51.8 Å². The zero-order valence-corrected chi connectivity index (χ0v) is 71.7. The monoisotopic (exact) mass is 2500 g/mol. The number of nitrogens with zero attached hydrogens (tertiary/aromatic N) is 11. The fourth-order valence-electron chi connectivity index (χ4n) is 8.24. The van der Waals surface area contributed by atoms with Crippen LogP contribution in [0.2, 0.25) is 0 Å². The Bertz CT molecular complexity index is 4870. The van der Waals surface area contributed by atoms with Crippen molar-refractivity contribution >= 4 is 17.7 Å². The molecule has 0 atom stereocenters. The second-order valence-electron chi connectivity index (χ2n) is 21.5. The van der Waals surface area contributed by atoms with Crippen molar-refractivity contribution in [2.75, 3.05) is 0 Å². The molecule has 0 aliphatic carbocycles. The predicted molar refractivity (Wildman–Crippen MR) is 385 cm³/mol. The van der Waals surface area contributed by atoms with Gasteiger partial charge in [0.2, 0.25) is 0 Å². The normalized spacial score (nSPS) is 10.1. The number of aromatic carboxylic acids is 2. The molecule has 5 aromatic carbocycles. The second kappa shape index (κ2) is 54.0. The molecule has 35 heteroatoms. The molecule has 5 radical (unpaired) electrons. The van der Waals surface area contributed by atoms with Crippen molar-refractivity contribution in [2.45, 2.75) is 32.4 Å². The third-order valence-corrected chi connectivity index (χ3v) is 13.1. The standard InChI is InChI=1S/C13H6F6N.2C11H6F2N.2C11H8N.C8H4F3N4.2C6H5NO2.C5H8O2.5Ir/c14-12(15,16)9-5-8(11-3-1-2-4-20-11)6-10(7-9)13(17,18)19;2*12-8-4-5-9(10(13)7-8)11-3-1-2-6-14-11;2*1-2-6-10(7-3-1)11-8-4-5-9-12-11;9-8(10,11)7-13-6(14-15-7)5-3-1-2-4-12-5;2*8-6(9)5-3-1-2-4-7-5;1-4(6)3-5(2)7;;;;;/h1-5,7H;2*1-4,6-7H;2*1-6,8-9H;1-4H;2*1-4H,(H,8,9);3,6H,1-2H3;;;;;/q6*-1;;;;;;;;. The van der Waals surface area contributed by atoms with Gasteiger partial charge in [0.25, 0.3) is 0 Å². The van der Waals surface area contributed by atoms with E-state index in [1.165, 1.54) is 81.1 Å². The number of aliphatic hydroxyl groups is 1. The van der Waals surface area contributed by atoms with E-state index in [1.54, 1.807) is 97.6 Å². The van der Waals surface area contributed by atoms with E-state index in [1.807, 2.05) is 91.0 Å². The van der Waals surface area contributed by atoms with Gasteiger partial charge in [0.05, 0.1) is 11.5 Å². The summed E-state index contributed by atoms with van der Waals surface area (Å²) < 4.78 is 164. The van der Waals surface area contributed by atoms with Crippen molar-refractivity contribution in [3.63, 3.8) is 0 Å². The molecular formula is C82H56F13Ir5N11O6-6. The molecule has 117 heavy (non-hydrogen) atoms. The summed E-state index contributed by atoms with van der Waals surface area (Å²) in [4.78, 5) is 64.6. The van der Waals surface area contributed by atoms with Gasteiger partial charge in [0.15, 0.2) is 5.78 Å². The van der Waals surface area contributed by atoms with E-state index >= 15 is 0 Å². The van der Waals surface area contributed by atoms with Crippen LogP contribution in [0.3, 0.4) is 0 Å². The SMILES string of the molecule is CC(=O)C=C(C)O.FC(F)(F)c1[c-]c(-c2ccccn2)cc(C(F)(F)F)c1.FC(F)(F)c1n[n-]c(-c2ccccn2)n1.Fc1c[c-]c(-c2ccccn2)c(F)c1.Fc1c[c-]c(-c2ccccn2)c(F)c1.O=C(O)c1ccccn1.O=C(O)c1ccccn1.[Ir].[Ir].[Ir].[Ir].[Ir].[c-]1ccccc1-c1ccccn1.[c-]1ccccc1-c1ccccn1. The first kappa shape index (κ1) is 104. The maximum absolute atomic E-state index is 13.2. The molecule has 9 heterocycles. The Labute approximate surface area is 728 Å². The fourth-order valence-corrected chi connectivity index (χ4v) is 8.24. The number of carbonyl (C=O) groups excluding carboxylic acids is 1. The molecule has 0 aliphatic rings. The molecule has 14 rings (SSSR count). The van der Waals surface area contributed by atoms with Crippen LogP contribution in [0.5, 0.6) is 0 Å². The topological polar surface area (TPSA) is 255 Å². The van der Waals surface area contributed by atoms with Crippen LogP contribution in [-0.2, 0) is 124 Å². The number of halogens is 13. The van der Waals surface area contributed by atoms with Crippen molar-refractivity contribution in [2.24, 2.45) is 0 Å². The van der Waals surface area contributed by atoms with E-state index in [4.69, 9.17) is 15.3 Å². The average Bonchev–Trinajstić information content (AvgIpc) is 1.35. The number of aliphatic hydroxyl groups excluding tert-OH is 1. The average molecular weight is 2500 g/mol. The number of carboxylic acid groups (broad SMARTS) is 2. The van der Waals surface area contributed by atoms with Gasteiger partial charge in [-0.25, -0.2) is 19.6 Å². The number of hydrogen-bond donors (Lipinski definition) is 3. The number of allylic oxidation sites excluding steroid dienone is 2. The van der Waals surface area contributed by atoms with Crippen molar-refractivity contribution in [3.8, 4) is 67.8 Å². The van der Waals surface area contributed by atoms with Crippen LogP contribution in [0.4, 0.5) is 57.1 Å². The minimum absolute atomic E-state index is 0. The Morgan fingerprint density at radius 3 is 0.983 bits per heavy atom. The van der Waals surface area contributed by atoms with Crippen molar-refractivity contribution in [1.82, 2.24) is 55.1 Å². The molecule has 17 nitrogen and oxygen atoms in total. The molecule has 14 aromatic rings. The van der Waals surface area contributed by atoms with Crippen LogP contribution >= 0.6 is 0 Å². The van der Waals surface area contributed by atoms with Crippen LogP contribution in [0, 0.1) is 53.6 Å². The molecule has 0 saturated carbocycles. The summed E-state index contributed by atoms with van der Waals surface area (Å²) in [6.45, 7) is 2.85. The molecule has 0 bridgehead atoms. The van der Waals surface area contributed by atoms with Gasteiger partial charge in [-0.3, -0.25) is 32.4 Å². The van der Waals surface area contributed by atoms with Gasteiger partial charge in [-0.2, -0.15) is 39.5 Å². The van der Waals surface area contributed by atoms with Crippen molar-refractivity contribution in [3.05, 3.63) is 374 Å². The maximum atomic E-state index is 13.2. The summed E-state index contributed by atoms with van der Waals surface area (Å²) in [5.41, 5.74) is 2.49. The molecule has 0 unspecified atom stereocenters. The van der Waals surface area contributed by atoms with E-state index in [0.29, 0.717) is 17.5 Å². The molecule has 617 valence electrons. The van der Waals surface area contributed by atoms with Crippen LogP contribution < -0.4 is 5.10 Å². The Morgan fingerprint density at radius 2 is 0.726 bits per heavy atom. The zero-order valence-electron chi connectivity index (χ0n) is 59.7. The molecular weight excluding hydrogens is 2440 g/mol. The number of carbonyl (C=O) groups is 3. The Kier molecular flexibility index (Phi) is 47.9.